The molecule has 1 aromatic rings. The van der Waals surface area contributed by atoms with Gasteiger partial charge in [-0.1, -0.05) is 12.1 Å². The molecule has 4 heteroatoms. The third-order valence-electron chi connectivity index (χ3n) is 2.98. The van der Waals surface area contributed by atoms with Gasteiger partial charge in [0.05, 0.1) is 0 Å². The van der Waals surface area contributed by atoms with Crippen molar-refractivity contribution in [1.29, 1.82) is 0 Å². The highest BCUT2D eigenvalue weighted by Gasteiger charge is 2.27. The molecule has 0 spiro atoms. The van der Waals surface area contributed by atoms with E-state index in [1.165, 1.54) is 0 Å². The second kappa shape index (κ2) is 5.03. The Balaban J connectivity index is 1.92. The number of ketones is 1. The topological polar surface area (TPSA) is 55.4 Å². The molecule has 0 aliphatic heterocycles. The molecule has 1 aliphatic carbocycles. The molecule has 0 heterocycles. The van der Waals surface area contributed by atoms with Crippen LogP contribution in [-0.4, -0.2) is 17.5 Å². The fraction of sp³-hybridized carbons (Fsp3) is 0.467. The summed E-state index contributed by atoms with van der Waals surface area (Å²) in [4.78, 5) is 22.5. The monoisotopic (exact) mass is 261 g/mol. The van der Waals surface area contributed by atoms with Crippen LogP contribution in [0.3, 0.4) is 0 Å². The molecule has 19 heavy (non-hydrogen) atoms. The van der Waals surface area contributed by atoms with Crippen LogP contribution in [0.1, 0.15) is 45.1 Å². The van der Waals surface area contributed by atoms with Crippen molar-refractivity contribution in [3.8, 4) is 0 Å². The van der Waals surface area contributed by atoms with Crippen molar-refractivity contribution in [1.82, 2.24) is 0 Å². The fourth-order valence-electron chi connectivity index (χ4n) is 1.99. The molecule has 0 unspecified atom stereocenters. The summed E-state index contributed by atoms with van der Waals surface area (Å²) >= 11 is 0. The quantitative estimate of drug-likeness (QED) is 0.886. The van der Waals surface area contributed by atoms with Crippen molar-refractivity contribution in [2.75, 3.05) is 5.32 Å². The van der Waals surface area contributed by atoms with Crippen LogP contribution in [0, 0.1) is 0 Å². The van der Waals surface area contributed by atoms with Crippen LogP contribution in [0.25, 0.3) is 0 Å². The summed E-state index contributed by atoms with van der Waals surface area (Å²) in [5.41, 5.74) is 1.34. The number of Topliss-reactive ketones (excluding diaryl/α,β-unsaturated/α-hetero) is 1. The first kappa shape index (κ1) is 13.6. The molecule has 1 fully saturated rings. The number of rotatable bonds is 2. The molecule has 102 valence electrons. The van der Waals surface area contributed by atoms with Crippen molar-refractivity contribution in [3.05, 3.63) is 29.8 Å². The number of hydrogen-bond acceptors (Lipinski definition) is 3. The number of anilines is 1. The normalized spacial score (nSPS) is 15.8. The van der Waals surface area contributed by atoms with Crippen LogP contribution in [0.5, 0.6) is 0 Å². The van der Waals surface area contributed by atoms with Gasteiger partial charge < -0.3 is 4.74 Å². The van der Waals surface area contributed by atoms with E-state index in [2.05, 4.69) is 5.32 Å². The summed E-state index contributed by atoms with van der Waals surface area (Å²) in [6.07, 6.45) is 0.816. The average Bonchev–Trinajstić information content (AvgIpc) is 2.23. The highest BCUT2D eigenvalue weighted by atomic mass is 16.6. The van der Waals surface area contributed by atoms with Gasteiger partial charge in [0.15, 0.2) is 0 Å². The number of ether oxygens (including phenoxy) is 1. The molecule has 1 aromatic carbocycles. The highest BCUT2D eigenvalue weighted by Crippen LogP contribution is 2.33. The Bertz CT molecular complexity index is 477. The van der Waals surface area contributed by atoms with Gasteiger partial charge in [-0.25, -0.2) is 4.79 Å². The molecular formula is C15H19NO3. The van der Waals surface area contributed by atoms with Gasteiger partial charge in [0.25, 0.3) is 0 Å². The maximum Gasteiger partial charge on any atom is 0.412 e. The van der Waals surface area contributed by atoms with Gasteiger partial charge in [0.1, 0.15) is 11.4 Å². The number of nitrogens with one attached hydrogen (secondary N) is 1. The number of benzene rings is 1. The first-order valence-corrected chi connectivity index (χ1v) is 6.45. The summed E-state index contributed by atoms with van der Waals surface area (Å²) in [6, 6.07) is 7.57. The lowest BCUT2D eigenvalue weighted by Gasteiger charge is -2.24. The van der Waals surface area contributed by atoms with E-state index in [4.69, 9.17) is 4.74 Å². The molecule has 1 aliphatic rings. The van der Waals surface area contributed by atoms with Gasteiger partial charge in [-0.05, 0) is 44.4 Å². The van der Waals surface area contributed by atoms with Gasteiger partial charge in [0, 0.05) is 18.5 Å². The lowest BCUT2D eigenvalue weighted by atomic mass is 9.79. The molecule has 1 N–H and O–H groups in total. The molecule has 0 atom stereocenters. The molecular weight excluding hydrogens is 242 g/mol. The second-order valence-corrected chi connectivity index (χ2v) is 5.89. The van der Waals surface area contributed by atoms with Gasteiger partial charge in [0.2, 0.25) is 0 Å². The predicted octanol–water partition coefficient (Wildman–Crippen LogP) is 3.48. The maximum absolute atomic E-state index is 11.6. The van der Waals surface area contributed by atoms with Gasteiger partial charge >= 0.3 is 6.09 Å². The van der Waals surface area contributed by atoms with Crippen LogP contribution in [0.2, 0.25) is 0 Å². The number of hydrogen-bond donors (Lipinski definition) is 1. The van der Waals surface area contributed by atoms with Crippen LogP contribution < -0.4 is 5.32 Å². The number of carbonyl (C=O) groups is 2. The molecule has 2 rings (SSSR count). The minimum atomic E-state index is -0.504. The van der Waals surface area contributed by atoms with E-state index in [0.29, 0.717) is 30.2 Å². The first-order valence-electron chi connectivity index (χ1n) is 6.45. The van der Waals surface area contributed by atoms with Crippen LogP contribution in [-0.2, 0) is 9.53 Å². The van der Waals surface area contributed by atoms with Gasteiger partial charge in [-0.15, -0.1) is 0 Å². The summed E-state index contributed by atoms with van der Waals surface area (Å²) in [5.74, 6) is 0.670. The van der Waals surface area contributed by atoms with E-state index < -0.39 is 11.7 Å². The largest absolute Gasteiger partial charge is 0.444 e. The summed E-state index contributed by atoms with van der Waals surface area (Å²) in [5, 5.41) is 2.68. The van der Waals surface area contributed by atoms with Crippen LogP contribution in [0.4, 0.5) is 10.5 Å². The zero-order chi connectivity index (χ0) is 14.0. The molecule has 0 radical (unpaired) electrons. The van der Waals surface area contributed by atoms with Crippen LogP contribution >= 0.6 is 0 Å². The third kappa shape index (κ3) is 3.81. The lowest BCUT2D eigenvalue weighted by molar-refractivity contribution is -0.124. The van der Waals surface area contributed by atoms with Crippen molar-refractivity contribution in [3.63, 3.8) is 0 Å². The minimum Gasteiger partial charge on any atom is -0.444 e. The lowest BCUT2D eigenvalue weighted by Crippen LogP contribution is -2.27. The van der Waals surface area contributed by atoms with Crippen molar-refractivity contribution < 1.29 is 14.3 Å². The maximum atomic E-state index is 11.6. The van der Waals surface area contributed by atoms with E-state index in [-0.39, 0.29) is 0 Å². The Kier molecular flexibility index (Phi) is 3.60. The zero-order valence-electron chi connectivity index (χ0n) is 11.5. The SMILES string of the molecule is CC(C)(C)OC(=O)Nc1ccc(C2CC(=O)C2)cc1. The smallest absolute Gasteiger partial charge is 0.412 e. The van der Waals surface area contributed by atoms with E-state index in [1.807, 2.05) is 45.0 Å². The summed E-state index contributed by atoms with van der Waals surface area (Å²) < 4.78 is 5.17. The molecule has 0 saturated heterocycles. The minimum absolute atomic E-state index is 0.320. The molecule has 0 aromatic heterocycles. The Morgan fingerprint density at radius 1 is 1.21 bits per heavy atom. The fourth-order valence-corrected chi connectivity index (χ4v) is 1.99. The Labute approximate surface area is 113 Å². The van der Waals surface area contributed by atoms with E-state index in [1.54, 1.807) is 0 Å². The average molecular weight is 261 g/mol. The number of amides is 1. The van der Waals surface area contributed by atoms with Gasteiger partial charge in [-0.3, -0.25) is 10.1 Å². The zero-order valence-corrected chi connectivity index (χ0v) is 11.5. The van der Waals surface area contributed by atoms with Crippen molar-refractivity contribution >= 4 is 17.6 Å². The van der Waals surface area contributed by atoms with Crippen molar-refractivity contribution in [2.45, 2.75) is 45.1 Å². The molecule has 1 saturated carbocycles. The standard InChI is InChI=1S/C15H19NO3/c1-15(2,3)19-14(18)16-12-6-4-10(5-7-12)11-8-13(17)9-11/h4-7,11H,8-9H2,1-3H3,(H,16,18). The predicted molar refractivity (Wildman–Crippen MR) is 73.3 cm³/mol. The van der Waals surface area contributed by atoms with E-state index in [9.17, 15) is 9.59 Å². The van der Waals surface area contributed by atoms with Crippen molar-refractivity contribution in [2.24, 2.45) is 0 Å². The Morgan fingerprint density at radius 3 is 2.26 bits per heavy atom. The van der Waals surface area contributed by atoms with E-state index >= 15 is 0 Å². The second-order valence-electron chi connectivity index (χ2n) is 5.89. The number of carbonyl (C=O) groups excluding carboxylic acids is 2. The molecule has 1 amide bonds. The Morgan fingerprint density at radius 2 is 1.79 bits per heavy atom. The Hall–Kier alpha value is -1.84. The van der Waals surface area contributed by atoms with E-state index in [0.717, 1.165) is 5.56 Å². The highest BCUT2D eigenvalue weighted by molar-refractivity contribution is 5.87. The summed E-state index contributed by atoms with van der Waals surface area (Å²) in [6.45, 7) is 5.47. The third-order valence-corrected chi connectivity index (χ3v) is 2.98. The van der Waals surface area contributed by atoms with Crippen LogP contribution in [0.15, 0.2) is 24.3 Å². The first-order chi connectivity index (χ1) is 8.83. The van der Waals surface area contributed by atoms with Gasteiger partial charge in [-0.2, -0.15) is 0 Å². The summed E-state index contributed by atoms with van der Waals surface area (Å²) in [7, 11) is 0. The molecule has 4 nitrogen and oxygen atoms in total. The molecule has 0 bridgehead atoms.